The summed E-state index contributed by atoms with van der Waals surface area (Å²) in [4.78, 5) is 15.0. The van der Waals surface area contributed by atoms with Crippen molar-refractivity contribution in [2.75, 3.05) is 0 Å². The third-order valence-electron chi connectivity index (χ3n) is 1.60. The smallest absolute Gasteiger partial charge is 0.219 e. The monoisotopic (exact) mass is 215 g/mol. The lowest BCUT2D eigenvalue weighted by Crippen LogP contribution is -2.53. The summed E-state index contributed by atoms with van der Waals surface area (Å²) in [6, 6.07) is 0.118. The number of carbonyl (C=O) groups excluding carboxylic acids is 1. The molecular formula is C9H21N5O. The summed E-state index contributed by atoms with van der Waals surface area (Å²) in [7, 11) is 0. The number of hydrogen-bond acceptors (Lipinski definition) is 3. The molecule has 0 fully saturated rings. The van der Waals surface area contributed by atoms with Crippen LogP contribution in [0.2, 0.25) is 0 Å². The molecular weight excluding hydrogens is 194 g/mol. The first-order valence-corrected chi connectivity index (χ1v) is 4.88. The van der Waals surface area contributed by atoms with E-state index in [9.17, 15) is 4.79 Å². The van der Waals surface area contributed by atoms with Crippen LogP contribution in [0.25, 0.3) is 0 Å². The van der Waals surface area contributed by atoms with E-state index in [1.165, 1.54) is 0 Å². The van der Waals surface area contributed by atoms with Gasteiger partial charge in [0.05, 0.1) is 0 Å². The van der Waals surface area contributed by atoms with Crippen molar-refractivity contribution in [3.63, 3.8) is 0 Å². The minimum Gasteiger partial charge on any atom is -0.370 e. The first-order valence-electron chi connectivity index (χ1n) is 4.88. The molecule has 0 saturated heterocycles. The Hall–Kier alpha value is -1.30. The standard InChI is InChI=1S/C9H21N5O/c1-6(2)12-8(14-11)13-9(3,4)5-7(10)15/h6H,5,11H2,1-4H3,(H2,10,15)(H2,12,13,14). The molecule has 6 N–H and O–H groups in total. The van der Waals surface area contributed by atoms with Gasteiger partial charge in [-0.25, -0.2) is 10.8 Å². The van der Waals surface area contributed by atoms with Crippen LogP contribution in [0.4, 0.5) is 0 Å². The molecule has 0 saturated carbocycles. The summed E-state index contributed by atoms with van der Waals surface area (Å²) in [5, 5.41) is 3.02. The van der Waals surface area contributed by atoms with E-state index >= 15 is 0 Å². The predicted octanol–water partition coefficient (Wildman–Crippen LogP) is -0.542. The Bertz CT molecular complexity index is 247. The molecule has 0 aliphatic heterocycles. The van der Waals surface area contributed by atoms with Crippen molar-refractivity contribution in [2.45, 2.75) is 45.7 Å². The second-order valence-electron chi connectivity index (χ2n) is 4.37. The number of nitrogens with two attached hydrogens (primary N) is 2. The Kier molecular flexibility index (Phi) is 5.07. The van der Waals surface area contributed by atoms with Crippen molar-refractivity contribution in [3.8, 4) is 0 Å². The zero-order chi connectivity index (χ0) is 12.1. The molecule has 0 aliphatic carbocycles. The van der Waals surface area contributed by atoms with Crippen molar-refractivity contribution in [1.29, 1.82) is 0 Å². The molecule has 0 aliphatic rings. The van der Waals surface area contributed by atoms with Crippen LogP contribution in [0.1, 0.15) is 34.1 Å². The van der Waals surface area contributed by atoms with Crippen LogP contribution in [0.5, 0.6) is 0 Å². The summed E-state index contributed by atoms with van der Waals surface area (Å²) in [5.41, 5.74) is 7.11. The maximum Gasteiger partial charge on any atom is 0.219 e. The summed E-state index contributed by atoms with van der Waals surface area (Å²) in [5.74, 6) is 5.39. The van der Waals surface area contributed by atoms with Gasteiger partial charge in [-0.2, -0.15) is 0 Å². The molecule has 0 spiro atoms. The van der Waals surface area contributed by atoms with Crippen LogP contribution >= 0.6 is 0 Å². The zero-order valence-corrected chi connectivity index (χ0v) is 9.79. The van der Waals surface area contributed by atoms with Crippen LogP contribution in [0, 0.1) is 0 Å². The van der Waals surface area contributed by atoms with Crippen LogP contribution < -0.4 is 22.3 Å². The van der Waals surface area contributed by atoms with Crippen molar-refractivity contribution >= 4 is 11.9 Å². The maximum absolute atomic E-state index is 10.8. The number of nitrogens with one attached hydrogen (secondary N) is 2. The lowest BCUT2D eigenvalue weighted by atomic mass is 10.0. The first kappa shape index (κ1) is 13.7. The average molecular weight is 215 g/mol. The fraction of sp³-hybridized carbons (Fsp3) is 0.778. The molecule has 6 nitrogen and oxygen atoms in total. The van der Waals surface area contributed by atoms with Gasteiger partial charge >= 0.3 is 0 Å². The Morgan fingerprint density at radius 2 is 2.00 bits per heavy atom. The Morgan fingerprint density at radius 3 is 2.33 bits per heavy atom. The minimum atomic E-state index is -0.466. The molecule has 0 aromatic rings. The van der Waals surface area contributed by atoms with E-state index in [1.807, 2.05) is 27.7 Å². The number of amides is 1. The number of guanidine groups is 1. The number of hydrazine groups is 1. The van der Waals surface area contributed by atoms with Gasteiger partial charge in [-0.3, -0.25) is 10.2 Å². The third kappa shape index (κ3) is 6.73. The number of rotatable bonds is 4. The van der Waals surface area contributed by atoms with Gasteiger partial charge in [-0.1, -0.05) is 0 Å². The quantitative estimate of drug-likeness (QED) is 0.219. The molecule has 1 amide bonds. The van der Waals surface area contributed by atoms with E-state index in [0.717, 1.165) is 0 Å². The Balaban J connectivity index is 4.46. The van der Waals surface area contributed by atoms with E-state index in [1.54, 1.807) is 0 Å². The van der Waals surface area contributed by atoms with Gasteiger partial charge in [0.1, 0.15) is 0 Å². The molecule has 6 heteroatoms. The Labute approximate surface area is 90.5 Å². The molecule has 0 rings (SSSR count). The molecule has 15 heavy (non-hydrogen) atoms. The highest BCUT2D eigenvalue weighted by Gasteiger charge is 2.21. The van der Waals surface area contributed by atoms with Gasteiger partial charge in [0.15, 0.2) is 0 Å². The first-order chi connectivity index (χ1) is 6.76. The van der Waals surface area contributed by atoms with Crippen molar-refractivity contribution < 1.29 is 4.79 Å². The number of carbonyl (C=O) groups is 1. The average Bonchev–Trinajstić information content (AvgIpc) is 1.98. The topological polar surface area (TPSA) is 106 Å². The number of primary amides is 1. The second kappa shape index (κ2) is 5.55. The predicted molar refractivity (Wildman–Crippen MR) is 60.9 cm³/mol. The molecule has 0 heterocycles. The van der Waals surface area contributed by atoms with Crippen molar-refractivity contribution in [2.24, 2.45) is 16.6 Å². The highest BCUT2D eigenvalue weighted by molar-refractivity contribution is 5.81. The van der Waals surface area contributed by atoms with Crippen LogP contribution in [0.15, 0.2) is 4.99 Å². The third-order valence-corrected chi connectivity index (χ3v) is 1.60. The van der Waals surface area contributed by atoms with Crippen LogP contribution in [-0.4, -0.2) is 23.4 Å². The van der Waals surface area contributed by atoms with Gasteiger partial charge in [-0.05, 0) is 27.7 Å². The van der Waals surface area contributed by atoms with E-state index in [4.69, 9.17) is 11.6 Å². The number of aliphatic imine (C=N–C) groups is 1. The van der Waals surface area contributed by atoms with E-state index < -0.39 is 5.54 Å². The van der Waals surface area contributed by atoms with Gasteiger partial charge in [0.2, 0.25) is 11.9 Å². The summed E-state index contributed by atoms with van der Waals surface area (Å²) in [6.45, 7) is 7.57. The molecule has 0 atom stereocenters. The summed E-state index contributed by atoms with van der Waals surface area (Å²) >= 11 is 0. The van der Waals surface area contributed by atoms with Gasteiger partial charge in [0.25, 0.3) is 0 Å². The highest BCUT2D eigenvalue weighted by atomic mass is 16.1. The zero-order valence-electron chi connectivity index (χ0n) is 9.79. The Morgan fingerprint density at radius 1 is 1.47 bits per heavy atom. The van der Waals surface area contributed by atoms with Gasteiger partial charge < -0.3 is 11.1 Å². The van der Waals surface area contributed by atoms with E-state index in [0.29, 0.717) is 5.96 Å². The van der Waals surface area contributed by atoms with Gasteiger partial charge in [0, 0.05) is 18.0 Å². The SMILES string of the molecule is CC(C)N=C(NN)NC(C)(C)CC(N)=O. The highest BCUT2D eigenvalue weighted by Crippen LogP contribution is 2.06. The molecule has 0 aromatic carbocycles. The van der Waals surface area contributed by atoms with E-state index in [2.05, 4.69) is 15.7 Å². The van der Waals surface area contributed by atoms with Crippen molar-refractivity contribution in [1.82, 2.24) is 10.7 Å². The van der Waals surface area contributed by atoms with Crippen LogP contribution in [0.3, 0.4) is 0 Å². The molecule has 0 aromatic heterocycles. The minimum absolute atomic E-state index is 0.118. The second-order valence-corrected chi connectivity index (χ2v) is 4.37. The molecule has 88 valence electrons. The normalized spacial score (nSPS) is 12.8. The molecule has 0 unspecified atom stereocenters. The fourth-order valence-electron chi connectivity index (χ4n) is 1.16. The van der Waals surface area contributed by atoms with Crippen molar-refractivity contribution in [3.05, 3.63) is 0 Å². The lowest BCUT2D eigenvalue weighted by Gasteiger charge is -2.26. The fourth-order valence-corrected chi connectivity index (χ4v) is 1.16. The number of hydrogen-bond donors (Lipinski definition) is 4. The molecule has 0 bridgehead atoms. The lowest BCUT2D eigenvalue weighted by molar-refractivity contribution is -0.119. The summed E-state index contributed by atoms with van der Waals surface area (Å²) < 4.78 is 0. The molecule has 0 radical (unpaired) electrons. The van der Waals surface area contributed by atoms with Crippen LogP contribution in [-0.2, 0) is 4.79 Å². The summed E-state index contributed by atoms with van der Waals surface area (Å²) in [6.07, 6.45) is 0.214. The largest absolute Gasteiger partial charge is 0.370 e. The number of nitrogens with zero attached hydrogens (tertiary/aromatic N) is 1. The van der Waals surface area contributed by atoms with E-state index in [-0.39, 0.29) is 18.4 Å². The maximum atomic E-state index is 10.8. The van der Waals surface area contributed by atoms with Gasteiger partial charge in [-0.15, -0.1) is 0 Å².